The Morgan fingerprint density at radius 1 is 1.44 bits per heavy atom. The number of carbonyl (C=O) groups is 1. The molecular formula is C15H12FN3O5S. The zero-order chi connectivity index (χ0) is 18.2. The van der Waals surface area contributed by atoms with E-state index in [9.17, 15) is 17.6 Å². The molecule has 1 fully saturated rings. The summed E-state index contributed by atoms with van der Waals surface area (Å²) in [5.41, 5.74) is 0.468. The highest BCUT2D eigenvalue weighted by molar-refractivity contribution is 7.88. The fraction of sp³-hybridized carbons (Fsp3) is 0.267. The van der Waals surface area contributed by atoms with Gasteiger partial charge in [0.05, 0.1) is 23.1 Å². The lowest BCUT2D eigenvalue weighted by Crippen LogP contribution is -2.48. The highest BCUT2D eigenvalue weighted by Gasteiger charge is 2.38. The summed E-state index contributed by atoms with van der Waals surface area (Å²) in [6.07, 6.45) is 0. The largest absolute Gasteiger partial charge is 0.475 e. The molecule has 2 heterocycles. The summed E-state index contributed by atoms with van der Waals surface area (Å²) in [5, 5.41) is 21.2. The minimum Gasteiger partial charge on any atom is -0.475 e. The van der Waals surface area contributed by atoms with Gasteiger partial charge in [0, 0.05) is 30.6 Å². The van der Waals surface area contributed by atoms with Gasteiger partial charge in [0.15, 0.2) is 0 Å². The normalized spacial score (nSPS) is 15.5. The molecule has 0 atom stereocenters. The molecule has 0 bridgehead atoms. The summed E-state index contributed by atoms with van der Waals surface area (Å²) in [4.78, 5) is 10.8. The fourth-order valence-electron chi connectivity index (χ4n) is 2.48. The molecule has 1 saturated heterocycles. The molecule has 0 spiro atoms. The Kier molecular flexibility index (Phi) is 4.28. The SMILES string of the molecule is N#Cc1ccc(F)c(CS(=O)(=O)N2CC(c3cc(C(=O)O)on3)C2)c1. The van der Waals surface area contributed by atoms with Gasteiger partial charge < -0.3 is 9.63 Å². The molecule has 130 valence electrons. The maximum atomic E-state index is 13.8. The summed E-state index contributed by atoms with van der Waals surface area (Å²) in [7, 11) is -3.77. The third kappa shape index (κ3) is 3.38. The Bertz CT molecular complexity index is 973. The monoisotopic (exact) mass is 365 g/mol. The van der Waals surface area contributed by atoms with E-state index in [-0.39, 0.29) is 35.9 Å². The van der Waals surface area contributed by atoms with Crippen LogP contribution in [0.15, 0.2) is 28.8 Å². The van der Waals surface area contributed by atoms with Gasteiger partial charge in [-0.1, -0.05) is 5.16 Å². The molecule has 1 N–H and O–H groups in total. The van der Waals surface area contributed by atoms with Gasteiger partial charge in [-0.25, -0.2) is 21.9 Å². The number of aromatic nitrogens is 1. The number of sulfonamides is 1. The lowest BCUT2D eigenvalue weighted by atomic mass is 9.99. The van der Waals surface area contributed by atoms with Gasteiger partial charge in [0.1, 0.15) is 5.82 Å². The number of aromatic carboxylic acids is 1. The molecule has 10 heteroatoms. The van der Waals surface area contributed by atoms with Crippen molar-refractivity contribution in [3.8, 4) is 6.07 Å². The molecule has 1 aromatic heterocycles. The summed E-state index contributed by atoms with van der Waals surface area (Å²) in [5.74, 6) is -3.09. The van der Waals surface area contributed by atoms with Gasteiger partial charge >= 0.3 is 5.97 Å². The van der Waals surface area contributed by atoms with E-state index >= 15 is 0 Å². The smallest absolute Gasteiger partial charge is 0.374 e. The third-order valence-corrected chi connectivity index (χ3v) is 5.67. The van der Waals surface area contributed by atoms with E-state index in [1.54, 1.807) is 0 Å². The van der Waals surface area contributed by atoms with E-state index in [1.807, 2.05) is 6.07 Å². The second kappa shape index (κ2) is 6.27. The Labute approximate surface area is 142 Å². The van der Waals surface area contributed by atoms with Crippen molar-refractivity contribution >= 4 is 16.0 Å². The molecule has 8 nitrogen and oxygen atoms in total. The van der Waals surface area contributed by atoms with E-state index in [2.05, 4.69) is 9.68 Å². The van der Waals surface area contributed by atoms with E-state index in [1.165, 1.54) is 18.2 Å². The molecule has 0 radical (unpaired) electrons. The number of carboxylic acids is 1. The molecule has 25 heavy (non-hydrogen) atoms. The molecule has 0 saturated carbocycles. The van der Waals surface area contributed by atoms with Crippen molar-refractivity contribution in [2.75, 3.05) is 13.1 Å². The van der Waals surface area contributed by atoms with Crippen LogP contribution in [0.3, 0.4) is 0 Å². The molecule has 1 aliphatic heterocycles. The summed E-state index contributed by atoms with van der Waals surface area (Å²) < 4.78 is 44.3. The van der Waals surface area contributed by atoms with E-state index in [0.29, 0.717) is 5.69 Å². The van der Waals surface area contributed by atoms with Crippen LogP contribution >= 0.6 is 0 Å². The van der Waals surface area contributed by atoms with E-state index in [4.69, 9.17) is 10.4 Å². The lowest BCUT2D eigenvalue weighted by molar-refractivity contribution is 0.0651. The number of nitrogens with zero attached hydrogens (tertiary/aromatic N) is 3. The van der Waals surface area contributed by atoms with Crippen LogP contribution in [-0.4, -0.2) is 42.0 Å². The van der Waals surface area contributed by atoms with Gasteiger partial charge in [0.2, 0.25) is 15.8 Å². The highest BCUT2D eigenvalue weighted by Crippen LogP contribution is 2.30. The van der Waals surface area contributed by atoms with Crippen LogP contribution in [0.1, 0.15) is 33.3 Å². The standard InChI is InChI=1S/C15H12FN3O5S/c16-12-2-1-9(5-17)3-10(12)8-25(22,23)19-6-11(7-19)13-4-14(15(20)21)24-18-13/h1-4,11H,6-8H2,(H,20,21). The number of carboxylic acid groups (broad SMARTS) is 1. The minimum absolute atomic E-state index is 0.0721. The minimum atomic E-state index is -3.77. The third-order valence-electron chi connectivity index (χ3n) is 3.91. The number of hydrogen-bond donors (Lipinski definition) is 1. The van der Waals surface area contributed by atoms with Crippen LogP contribution in [-0.2, 0) is 15.8 Å². The van der Waals surface area contributed by atoms with Crippen molar-refractivity contribution in [2.45, 2.75) is 11.7 Å². The topological polar surface area (TPSA) is 125 Å². The van der Waals surface area contributed by atoms with Crippen LogP contribution in [0, 0.1) is 17.1 Å². The average Bonchev–Trinajstić information content (AvgIpc) is 2.97. The van der Waals surface area contributed by atoms with Gasteiger partial charge in [-0.15, -0.1) is 0 Å². The number of nitriles is 1. The fourth-order valence-corrected chi connectivity index (χ4v) is 4.09. The maximum absolute atomic E-state index is 13.8. The van der Waals surface area contributed by atoms with Crippen molar-refractivity contribution in [2.24, 2.45) is 0 Å². The molecule has 0 aliphatic carbocycles. The molecular weight excluding hydrogens is 353 g/mol. The van der Waals surface area contributed by atoms with Crippen molar-refractivity contribution in [1.29, 1.82) is 5.26 Å². The number of hydrogen-bond acceptors (Lipinski definition) is 6. The van der Waals surface area contributed by atoms with Crippen LogP contribution < -0.4 is 0 Å². The van der Waals surface area contributed by atoms with Gasteiger partial charge in [-0.05, 0) is 18.2 Å². The van der Waals surface area contributed by atoms with Crippen molar-refractivity contribution < 1.29 is 27.2 Å². The molecule has 0 unspecified atom stereocenters. The van der Waals surface area contributed by atoms with Crippen LogP contribution in [0.25, 0.3) is 0 Å². The predicted octanol–water partition coefficient (Wildman–Crippen LogP) is 1.31. The van der Waals surface area contributed by atoms with Gasteiger partial charge in [-0.3, -0.25) is 0 Å². The zero-order valence-electron chi connectivity index (χ0n) is 12.7. The molecule has 1 aromatic carbocycles. The number of halogens is 1. The van der Waals surface area contributed by atoms with E-state index < -0.39 is 27.6 Å². The highest BCUT2D eigenvalue weighted by atomic mass is 32.2. The van der Waals surface area contributed by atoms with Crippen LogP contribution in [0.4, 0.5) is 4.39 Å². The number of rotatable bonds is 5. The van der Waals surface area contributed by atoms with Crippen molar-refractivity contribution in [3.05, 3.63) is 52.7 Å². The van der Waals surface area contributed by atoms with Gasteiger partial charge in [-0.2, -0.15) is 5.26 Å². The average molecular weight is 365 g/mol. The zero-order valence-corrected chi connectivity index (χ0v) is 13.5. The van der Waals surface area contributed by atoms with Crippen LogP contribution in [0.5, 0.6) is 0 Å². The quantitative estimate of drug-likeness (QED) is 0.847. The first-order chi connectivity index (χ1) is 11.8. The van der Waals surface area contributed by atoms with E-state index in [0.717, 1.165) is 10.4 Å². The molecule has 3 rings (SSSR count). The Morgan fingerprint density at radius 2 is 2.16 bits per heavy atom. The Hall–Kier alpha value is -2.77. The Balaban J connectivity index is 1.69. The maximum Gasteiger partial charge on any atom is 0.374 e. The lowest BCUT2D eigenvalue weighted by Gasteiger charge is -2.36. The summed E-state index contributed by atoms with van der Waals surface area (Å²) >= 11 is 0. The molecule has 2 aromatic rings. The first-order valence-electron chi connectivity index (χ1n) is 7.16. The molecule has 1 aliphatic rings. The second-order valence-corrected chi connectivity index (χ2v) is 7.58. The van der Waals surface area contributed by atoms with Crippen molar-refractivity contribution in [3.63, 3.8) is 0 Å². The van der Waals surface area contributed by atoms with Crippen LogP contribution in [0.2, 0.25) is 0 Å². The second-order valence-electron chi connectivity index (χ2n) is 5.61. The number of benzene rings is 1. The summed E-state index contributed by atoms with van der Waals surface area (Å²) in [6.45, 7) is 0.209. The van der Waals surface area contributed by atoms with Gasteiger partial charge in [0.25, 0.3) is 0 Å². The summed E-state index contributed by atoms with van der Waals surface area (Å²) in [6, 6.07) is 6.64. The molecule has 0 amide bonds. The first-order valence-corrected chi connectivity index (χ1v) is 8.77. The Morgan fingerprint density at radius 3 is 2.76 bits per heavy atom. The first kappa shape index (κ1) is 17.1. The van der Waals surface area contributed by atoms with Crippen molar-refractivity contribution in [1.82, 2.24) is 9.46 Å². The predicted molar refractivity (Wildman–Crippen MR) is 81.5 cm³/mol.